The number of halogens is 1. The van der Waals surface area contributed by atoms with E-state index in [4.69, 9.17) is 21.1 Å². The van der Waals surface area contributed by atoms with Crippen LogP contribution in [-0.2, 0) is 29.6 Å². The van der Waals surface area contributed by atoms with Crippen molar-refractivity contribution >= 4 is 48.9 Å². The highest BCUT2D eigenvalue weighted by molar-refractivity contribution is 7.92. The number of aryl methyl sites for hydroxylation is 1. The van der Waals surface area contributed by atoms with Crippen molar-refractivity contribution in [3.05, 3.63) is 77.3 Å². The predicted molar refractivity (Wildman–Crippen MR) is 148 cm³/mol. The number of methoxy groups -OCH3 is 1. The molecule has 13 heteroatoms. The Balaban J connectivity index is 1.65. The average molecular weight is 594 g/mol. The van der Waals surface area contributed by atoms with Crippen molar-refractivity contribution in [3.63, 3.8) is 0 Å². The van der Waals surface area contributed by atoms with Gasteiger partial charge in [-0.1, -0.05) is 29.8 Å². The number of carbonyl (C=O) groups excluding carboxylic acids is 1. The quantitative estimate of drug-likeness (QED) is 0.403. The van der Waals surface area contributed by atoms with E-state index in [9.17, 15) is 21.6 Å². The molecule has 10 nitrogen and oxygen atoms in total. The number of morpholine rings is 1. The van der Waals surface area contributed by atoms with Gasteiger partial charge in [0.25, 0.3) is 10.0 Å². The summed E-state index contributed by atoms with van der Waals surface area (Å²) >= 11 is 6.08. The molecule has 1 aliphatic heterocycles. The van der Waals surface area contributed by atoms with Crippen molar-refractivity contribution in [2.45, 2.75) is 16.7 Å². The molecule has 1 amide bonds. The lowest BCUT2D eigenvalue weighted by atomic mass is 10.2. The zero-order chi connectivity index (χ0) is 28.2. The summed E-state index contributed by atoms with van der Waals surface area (Å²) in [5.41, 5.74) is 0.999. The van der Waals surface area contributed by atoms with E-state index in [-0.39, 0.29) is 53.2 Å². The SMILES string of the molecule is COc1ccc(NC(=O)CN(c2ccc(Cl)cc2C)S(=O)(=O)c2ccccc2)cc1S(=O)(=O)N1CCOCC1. The van der Waals surface area contributed by atoms with E-state index < -0.39 is 32.5 Å². The number of ether oxygens (including phenoxy) is 2. The number of sulfonamides is 2. The van der Waals surface area contributed by atoms with Gasteiger partial charge in [-0.25, -0.2) is 16.8 Å². The van der Waals surface area contributed by atoms with Crippen LogP contribution in [-0.4, -0.2) is 67.0 Å². The van der Waals surface area contributed by atoms with Gasteiger partial charge in [-0.05, 0) is 61.0 Å². The van der Waals surface area contributed by atoms with Crippen molar-refractivity contribution in [2.24, 2.45) is 0 Å². The van der Waals surface area contributed by atoms with Crippen LogP contribution in [0, 0.1) is 6.92 Å². The Kier molecular flexibility index (Phi) is 8.82. The fraction of sp³-hybridized carbons (Fsp3) is 0.269. The lowest BCUT2D eigenvalue weighted by Crippen LogP contribution is -2.40. The first-order valence-electron chi connectivity index (χ1n) is 11.9. The second-order valence-corrected chi connectivity index (χ2v) is 12.9. The van der Waals surface area contributed by atoms with Crippen molar-refractivity contribution in [2.75, 3.05) is 49.6 Å². The van der Waals surface area contributed by atoms with Gasteiger partial charge in [0, 0.05) is 23.8 Å². The molecule has 1 aliphatic rings. The Hall–Kier alpha value is -3.16. The number of anilines is 2. The first kappa shape index (κ1) is 28.8. The highest BCUT2D eigenvalue weighted by atomic mass is 35.5. The third kappa shape index (κ3) is 6.36. The smallest absolute Gasteiger partial charge is 0.264 e. The molecule has 0 spiro atoms. The fourth-order valence-electron chi connectivity index (χ4n) is 4.13. The molecular weight excluding hydrogens is 566 g/mol. The topological polar surface area (TPSA) is 122 Å². The Morgan fingerprint density at radius 3 is 2.36 bits per heavy atom. The lowest BCUT2D eigenvalue weighted by molar-refractivity contribution is -0.114. The average Bonchev–Trinajstić information content (AvgIpc) is 2.93. The molecule has 0 saturated carbocycles. The number of rotatable bonds is 9. The molecule has 1 fully saturated rings. The van der Waals surface area contributed by atoms with Gasteiger partial charge in [-0.2, -0.15) is 4.31 Å². The van der Waals surface area contributed by atoms with E-state index in [0.717, 1.165) is 4.31 Å². The van der Waals surface area contributed by atoms with Gasteiger partial charge in [-0.15, -0.1) is 0 Å². The maximum atomic E-state index is 13.6. The van der Waals surface area contributed by atoms with Gasteiger partial charge in [0.2, 0.25) is 15.9 Å². The minimum Gasteiger partial charge on any atom is -0.495 e. The number of hydrogen-bond donors (Lipinski definition) is 1. The van der Waals surface area contributed by atoms with Crippen LogP contribution in [0.4, 0.5) is 11.4 Å². The van der Waals surface area contributed by atoms with Crippen molar-refractivity contribution in [1.29, 1.82) is 0 Å². The molecule has 0 bridgehead atoms. The third-order valence-corrected chi connectivity index (χ3v) is 10.0. The highest BCUT2D eigenvalue weighted by Crippen LogP contribution is 2.31. The van der Waals surface area contributed by atoms with Crippen LogP contribution in [0.15, 0.2) is 76.5 Å². The third-order valence-electron chi connectivity index (χ3n) is 6.08. The summed E-state index contributed by atoms with van der Waals surface area (Å²) in [5.74, 6) is -0.562. The van der Waals surface area contributed by atoms with Crippen LogP contribution in [0.2, 0.25) is 5.02 Å². The predicted octanol–water partition coefficient (Wildman–Crippen LogP) is 3.51. The lowest BCUT2D eigenvalue weighted by Gasteiger charge is -2.27. The molecule has 1 heterocycles. The molecule has 0 radical (unpaired) electrons. The molecule has 0 atom stereocenters. The van der Waals surface area contributed by atoms with E-state index in [1.807, 2.05) is 0 Å². The number of benzene rings is 3. The molecule has 208 valence electrons. The number of nitrogens with zero attached hydrogens (tertiary/aromatic N) is 2. The molecule has 0 unspecified atom stereocenters. The number of carbonyl (C=O) groups is 1. The summed E-state index contributed by atoms with van der Waals surface area (Å²) in [6.07, 6.45) is 0. The number of nitrogens with one attached hydrogen (secondary N) is 1. The summed E-state index contributed by atoms with van der Waals surface area (Å²) in [5, 5.41) is 3.05. The molecule has 4 rings (SSSR count). The van der Waals surface area contributed by atoms with Crippen LogP contribution in [0.3, 0.4) is 0 Å². The highest BCUT2D eigenvalue weighted by Gasteiger charge is 2.31. The number of amides is 1. The first-order valence-corrected chi connectivity index (χ1v) is 15.2. The van der Waals surface area contributed by atoms with E-state index in [1.54, 1.807) is 37.3 Å². The second kappa shape index (κ2) is 11.9. The summed E-state index contributed by atoms with van der Waals surface area (Å²) in [6, 6.07) is 16.7. The molecule has 3 aromatic carbocycles. The molecular formula is C26H28ClN3O7S2. The molecule has 1 N–H and O–H groups in total. The Bertz CT molecular complexity index is 1560. The Morgan fingerprint density at radius 2 is 1.72 bits per heavy atom. The molecule has 3 aromatic rings. The van der Waals surface area contributed by atoms with E-state index in [2.05, 4.69) is 5.32 Å². The van der Waals surface area contributed by atoms with Gasteiger partial charge in [0.15, 0.2) is 0 Å². The standard InChI is InChI=1S/C26H28ClN3O7S2/c1-19-16-20(27)8-10-23(19)30(38(32,33)22-6-4-3-5-7-22)18-26(31)28-21-9-11-24(36-2)25(17-21)39(34,35)29-12-14-37-15-13-29/h3-11,16-17H,12-15,18H2,1-2H3,(H,28,31). The summed E-state index contributed by atoms with van der Waals surface area (Å²) in [7, 11) is -6.72. The number of hydrogen-bond acceptors (Lipinski definition) is 7. The molecule has 1 saturated heterocycles. The fourth-order valence-corrected chi connectivity index (χ4v) is 7.45. The van der Waals surface area contributed by atoms with Crippen LogP contribution in [0.1, 0.15) is 5.56 Å². The summed E-state index contributed by atoms with van der Waals surface area (Å²) in [6.45, 7) is 2.04. The van der Waals surface area contributed by atoms with Crippen LogP contribution in [0.25, 0.3) is 0 Å². The van der Waals surface area contributed by atoms with Crippen molar-refractivity contribution in [3.8, 4) is 5.75 Å². The Labute approximate surface area is 233 Å². The first-order chi connectivity index (χ1) is 18.5. The van der Waals surface area contributed by atoms with Gasteiger partial charge >= 0.3 is 0 Å². The summed E-state index contributed by atoms with van der Waals surface area (Å²) in [4.78, 5) is 13.1. The normalized spacial score (nSPS) is 14.5. The van der Waals surface area contributed by atoms with Gasteiger partial charge < -0.3 is 14.8 Å². The van der Waals surface area contributed by atoms with Crippen molar-refractivity contribution < 1.29 is 31.1 Å². The van der Waals surface area contributed by atoms with Gasteiger partial charge in [0.05, 0.1) is 30.9 Å². The monoisotopic (exact) mass is 593 g/mol. The second-order valence-electron chi connectivity index (χ2n) is 8.69. The van der Waals surface area contributed by atoms with E-state index in [1.165, 1.54) is 47.8 Å². The minimum atomic E-state index is -4.14. The zero-order valence-electron chi connectivity index (χ0n) is 21.3. The molecule has 0 aliphatic carbocycles. The Morgan fingerprint density at radius 1 is 1.03 bits per heavy atom. The maximum absolute atomic E-state index is 13.6. The van der Waals surface area contributed by atoms with E-state index >= 15 is 0 Å². The van der Waals surface area contributed by atoms with Crippen molar-refractivity contribution in [1.82, 2.24) is 4.31 Å². The molecule has 0 aromatic heterocycles. The molecule has 39 heavy (non-hydrogen) atoms. The van der Waals surface area contributed by atoms with Gasteiger partial charge in [0.1, 0.15) is 17.2 Å². The maximum Gasteiger partial charge on any atom is 0.264 e. The largest absolute Gasteiger partial charge is 0.495 e. The summed E-state index contributed by atoms with van der Waals surface area (Å²) < 4.78 is 66.6. The minimum absolute atomic E-state index is 0.00971. The van der Waals surface area contributed by atoms with Gasteiger partial charge in [-0.3, -0.25) is 9.10 Å². The van der Waals surface area contributed by atoms with Crippen LogP contribution < -0.4 is 14.4 Å². The van der Waals surface area contributed by atoms with E-state index in [0.29, 0.717) is 10.6 Å². The van der Waals surface area contributed by atoms with Crippen LogP contribution >= 0.6 is 11.6 Å². The zero-order valence-corrected chi connectivity index (χ0v) is 23.7. The van der Waals surface area contributed by atoms with Crippen LogP contribution in [0.5, 0.6) is 5.75 Å².